The van der Waals surface area contributed by atoms with Crippen LogP contribution in [0.4, 0.5) is 0 Å². The zero-order valence-corrected chi connectivity index (χ0v) is 12.9. The summed E-state index contributed by atoms with van der Waals surface area (Å²) in [7, 11) is -1.10. The smallest absolute Gasteiger partial charge is 0.306 e. The molecule has 1 unspecified atom stereocenters. The van der Waals surface area contributed by atoms with Crippen LogP contribution in [0.5, 0.6) is 5.75 Å². The summed E-state index contributed by atoms with van der Waals surface area (Å²) in [6.07, 6.45) is -1.03. The van der Waals surface area contributed by atoms with E-state index >= 15 is 0 Å². The van der Waals surface area contributed by atoms with Gasteiger partial charge in [-0.25, -0.2) is 13.1 Å². The minimum atomic E-state index is -3.81. The zero-order chi connectivity index (χ0) is 16.0. The zero-order valence-electron chi connectivity index (χ0n) is 12.1. The van der Waals surface area contributed by atoms with E-state index in [1.165, 1.54) is 20.3 Å². The average molecular weight is 317 g/mol. The molecule has 0 spiro atoms. The Hall–Kier alpha value is -1.64. The van der Waals surface area contributed by atoms with E-state index in [2.05, 4.69) is 4.72 Å². The minimum absolute atomic E-state index is 0.00942. The Morgan fingerprint density at radius 1 is 1.38 bits per heavy atom. The van der Waals surface area contributed by atoms with E-state index in [0.29, 0.717) is 0 Å². The number of nitrogens with one attached hydrogen (secondary N) is 1. The molecule has 7 nitrogen and oxygen atoms in total. The third-order valence-electron chi connectivity index (χ3n) is 2.85. The average Bonchev–Trinajstić information content (AvgIpc) is 2.43. The molecule has 0 aliphatic carbocycles. The van der Waals surface area contributed by atoms with E-state index in [4.69, 9.17) is 14.6 Å². The number of aryl methyl sites for hydroxylation is 1. The predicted octanol–water partition coefficient (Wildman–Crippen LogP) is 0.772. The number of ether oxygens (including phenoxy) is 2. The molecule has 0 aliphatic heterocycles. The number of benzene rings is 1. The van der Waals surface area contributed by atoms with Crippen LogP contribution in [0.2, 0.25) is 0 Å². The second kappa shape index (κ2) is 7.39. The standard InChI is InChI=1S/C13H19NO6S/c1-9-4-5-11(20-3)12(6-9)21(17,18)14-8-10(19-2)7-13(15)16/h4-6,10,14H,7-8H2,1-3H3,(H,15,16). The Kier molecular flexibility index (Phi) is 6.13. The van der Waals surface area contributed by atoms with Gasteiger partial charge in [-0.05, 0) is 24.6 Å². The van der Waals surface area contributed by atoms with Gasteiger partial charge < -0.3 is 14.6 Å². The number of carboxylic acids is 1. The fourth-order valence-corrected chi connectivity index (χ4v) is 3.03. The highest BCUT2D eigenvalue weighted by molar-refractivity contribution is 7.89. The number of carboxylic acid groups (broad SMARTS) is 1. The second-order valence-corrected chi connectivity index (χ2v) is 6.20. The summed E-state index contributed by atoms with van der Waals surface area (Å²) in [5.74, 6) is -0.838. The van der Waals surface area contributed by atoms with Gasteiger partial charge in [0, 0.05) is 13.7 Å². The lowest BCUT2D eigenvalue weighted by Gasteiger charge is -2.15. The molecule has 0 aromatic heterocycles. The SMILES string of the molecule is COc1ccc(C)cc1S(=O)(=O)NCC(CC(=O)O)OC. The number of aliphatic carboxylic acids is 1. The first-order valence-corrected chi connectivity index (χ1v) is 7.67. The number of hydrogen-bond acceptors (Lipinski definition) is 5. The third kappa shape index (κ3) is 5.00. The Morgan fingerprint density at radius 2 is 2.05 bits per heavy atom. The highest BCUT2D eigenvalue weighted by Gasteiger charge is 2.22. The topological polar surface area (TPSA) is 102 Å². The molecule has 2 N–H and O–H groups in total. The van der Waals surface area contributed by atoms with E-state index < -0.39 is 22.1 Å². The van der Waals surface area contributed by atoms with Crippen molar-refractivity contribution in [3.8, 4) is 5.75 Å². The van der Waals surface area contributed by atoms with Gasteiger partial charge in [-0.15, -0.1) is 0 Å². The molecule has 21 heavy (non-hydrogen) atoms. The molecule has 0 bridgehead atoms. The fourth-order valence-electron chi connectivity index (χ4n) is 1.71. The number of carbonyl (C=O) groups is 1. The molecule has 1 aromatic rings. The van der Waals surface area contributed by atoms with Crippen molar-refractivity contribution in [2.24, 2.45) is 0 Å². The molecule has 0 saturated heterocycles. The van der Waals surface area contributed by atoms with E-state index in [-0.39, 0.29) is 23.6 Å². The largest absolute Gasteiger partial charge is 0.495 e. The van der Waals surface area contributed by atoms with Crippen LogP contribution in [0, 0.1) is 6.92 Å². The van der Waals surface area contributed by atoms with Crippen LogP contribution in [-0.4, -0.2) is 46.4 Å². The quantitative estimate of drug-likeness (QED) is 0.734. The molecular formula is C13H19NO6S. The maximum atomic E-state index is 12.3. The lowest BCUT2D eigenvalue weighted by Crippen LogP contribution is -2.34. The van der Waals surface area contributed by atoms with Crippen LogP contribution >= 0.6 is 0 Å². The first kappa shape index (κ1) is 17.4. The Balaban J connectivity index is 2.91. The Labute approximate surface area is 123 Å². The molecule has 118 valence electrons. The summed E-state index contributed by atoms with van der Waals surface area (Å²) in [4.78, 5) is 10.6. The van der Waals surface area contributed by atoms with Gasteiger partial charge in [0.15, 0.2) is 0 Å². The molecule has 8 heteroatoms. The minimum Gasteiger partial charge on any atom is -0.495 e. The van der Waals surface area contributed by atoms with Crippen molar-refractivity contribution in [2.45, 2.75) is 24.3 Å². The van der Waals surface area contributed by atoms with Crippen LogP contribution in [0.1, 0.15) is 12.0 Å². The van der Waals surface area contributed by atoms with Gasteiger partial charge in [0.2, 0.25) is 10.0 Å². The molecule has 0 amide bonds. The second-order valence-electron chi connectivity index (χ2n) is 4.46. The molecule has 1 aromatic carbocycles. The van der Waals surface area contributed by atoms with Crippen LogP contribution in [0.25, 0.3) is 0 Å². The van der Waals surface area contributed by atoms with Crippen LogP contribution < -0.4 is 9.46 Å². The number of hydrogen-bond donors (Lipinski definition) is 2. The lowest BCUT2D eigenvalue weighted by atomic mass is 10.2. The number of rotatable bonds is 8. The first-order chi connectivity index (χ1) is 9.80. The predicted molar refractivity (Wildman–Crippen MR) is 76.0 cm³/mol. The van der Waals surface area contributed by atoms with Gasteiger partial charge in [-0.3, -0.25) is 4.79 Å². The summed E-state index contributed by atoms with van der Waals surface area (Å²) in [5, 5.41) is 8.70. The van der Waals surface area contributed by atoms with Gasteiger partial charge in [-0.1, -0.05) is 6.07 Å². The molecule has 1 rings (SSSR count). The summed E-state index contributed by atoms with van der Waals surface area (Å²) >= 11 is 0. The monoisotopic (exact) mass is 317 g/mol. The van der Waals surface area contributed by atoms with Gasteiger partial charge in [0.25, 0.3) is 0 Å². The Bertz CT molecular complexity index is 599. The molecule has 0 heterocycles. The van der Waals surface area contributed by atoms with Crippen LogP contribution in [-0.2, 0) is 19.6 Å². The summed E-state index contributed by atoms with van der Waals surface area (Å²) in [5.41, 5.74) is 0.769. The van der Waals surface area contributed by atoms with E-state index in [1.54, 1.807) is 19.1 Å². The lowest BCUT2D eigenvalue weighted by molar-refractivity contribution is -0.139. The van der Waals surface area contributed by atoms with Crippen LogP contribution in [0.15, 0.2) is 23.1 Å². The van der Waals surface area contributed by atoms with Crippen molar-refractivity contribution in [1.29, 1.82) is 0 Å². The van der Waals surface area contributed by atoms with Gasteiger partial charge >= 0.3 is 5.97 Å². The van der Waals surface area contributed by atoms with Crippen molar-refractivity contribution in [3.05, 3.63) is 23.8 Å². The third-order valence-corrected chi connectivity index (χ3v) is 4.29. The van der Waals surface area contributed by atoms with Crippen molar-refractivity contribution < 1.29 is 27.8 Å². The fraction of sp³-hybridized carbons (Fsp3) is 0.462. The van der Waals surface area contributed by atoms with Crippen molar-refractivity contribution >= 4 is 16.0 Å². The van der Waals surface area contributed by atoms with E-state index in [0.717, 1.165) is 5.56 Å². The number of methoxy groups -OCH3 is 2. The molecule has 0 radical (unpaired) electrons. The summed E-state index contributed by atoms with van der Waals surface area (Å²) < 4.78 is 36.9. The van der Waals surface area contributed by atoms with E-state index in [9.17, 15) is 13.2 Å². The summed E-state index contributed by atoms with van der Waals surface area (Å²) in [6.45, 7) is 1.63. The van der Waals surface area contributed by atoms with Gasteiger partial charge in [0.1, 0.15) is 10.6 Å². The summed E-state index contributed by atoms with van der Waals surface area (Å²) in [6, 6.07) is 4.79. The van der Waals surface area contributed by atoms with Crippen molar-refractivity contribution in [2.75, 3.05) is 20.8 Å². The normalized spacial score (nSPS) is 12.9. The molecule has 0 saturated carbocycles. The molecular weight excluding hydrogens is 298 g/mol. The van der Waals surface area contributed by atoms with Gasteiger partial charge in [-0.2, -0.15) is 0 Å². The number of sulfonamides is 1. The highest BCUT2D eigenvalue weighted by Crippen LogP contribution is 2.24. The van der Waals surface area contributed by atoms with Gasteiger partial charge in [0.05, 0.1) is 19.6 Å². The van der Waals surface area contributed by atoms with E-state index in [1.807, 2.05) is 0 Å². The highest BCUT2D eigenvalue weighted by atomic mass is 32.2. The maximum Gasteiger partial charge on any atom is 0.306 e. The molecule has 0 fully saturated rings. The molecule has 1 atom stereocenters. The maximum absolute atomic E-state index is 12.3. The first-order valence-electron chi connectivity index (χ1n) is 6.19. The Morgan fingerprint density at radius 3 is 2.57 bits per heavy atom. The van der Waals surface area contributed by atoms with Crippen LogP contribution in [0.3, 0.4) is 0 Å². The molecule has 0 aliphatic rings. The van der Waals surface area contributed by atoms with Crippen molar-refractivity contribution in [1.82, 2.24) is 4.72 Å². The van der Waals surface area contributed by atoms with Crippen molar-refractivity contribution in [3.63, 3.8) is 0 Å².